The van der Waals surface area contributed by atoms with Gasteiger partial charge >= 0.3 is 0 Å². The summed E-state index contributed by atoms with van der Waals surface area (Å²) >= 11 is 1.63. The number of aromatic nitrogens is 1. The van der Waals surface area contributed by atoms with Gasteiger partial charge in [0.05, 0.1) is 23.8 Å². The van der Waals surface area contributed by atoms with E-state index in [4.69, 9.17) is 9.72 Å². The number of hydrogen-bond donors (Lipinski definition) is 1. The predicted molar refractivity (Wildman–Crippen MR) is 81.0 cm³/mol. The average Bonchev–Trinajstić information content (AvgIpc) is 2.90. The minimum Gasteiger partial charge on any atom is -0.391 e. The van der Waals surface area contributed by atoms with Gasteiger partial charge in [0.2, 0.25) is 0 Å². The van der Waals surface area contributed by atoms with Gasteiger partial charge in [-0.3, -0.25) is 0 Å². The number of anilines is 1. The van der Waals surface area contributed by atoms with Crippen LogP contribution in [0, 0.1) is 11.8 Å². The number of nitrogens with zero attached hydrogens (tertiary/aromatic N) is 2. The van der Waals surface area contributed by atoms with E-state index in [-0.39, 0.29) is 6.61 Å². The Kier molecular flexibility index (Phi) is 4.58. The number of rotatable bonds is 4. The molecule has 1 N–H and O–H groups in total. The number of fused-ring (bicyclic) bond motifs is 1. The Balaban J connectivity index is 1.72. The van der Waals surface area contributed by atoms with Gasteiger partial charge in [0.25, 0.3) is 0 Å². The normalized spacial score (nSPS) is 26.6. The number of thiazole rings is 1. The quantitative estimate of drug-likeness (QED) is 0.928. The third kappa shape index (κ3) is 2.85. The first-order chi connectivity index (χ1) is 9.81. The van der Waals surface area contributed by atoms with Gasteiger partial charge < -0.3 is 14.7 Å². The molecule has 2 heterocycles. The number of aliphatic hydroxyl groups excluding tert-OH is 1. The summed E-state index contributed by atoms with van der Waals surface area (Å²) < 4.78 is 5.17. The van der Waals surface area contributed by atoms with Crippen molar-refractivity contribution in [3.8, 4) is 0 Å². The minimum atomic E-state index is 0.0657. The van der Waals surface area contributed by atoms with Crippen LogP contribution in [-0.2, 0) is 18.0 Å². The average molecular weight is 296 g/mol. The molecule has 1 aromatic heterocycles. The highest BCUT2D eigenvalue weighted by atomic mass is 32.1. The molecule has 112 valence electrons. The van der Waals surface area contributed by atoms with Gasteiger partial charge in [-0.05, 0) is 24.7 Å². The molecule has 0 amide bonds. The van der Waals surface area contributed by atoms with E-state index in [1.165, 1.54) is 32.1 Å². The van der Waals surface area contributed by atoms with Crippen LogP contribution in [-0.4, -0.2) is 30.3 Å². The molecule has 0 bridgehead atoms. The zero-order valence-corrected chi connectivity index (χ0v) is 13.0. The Hall–Kier alpha value is -0.650. The van der Waals surface area contributed by atoms with Gasteiger partial charge in [-0.1, -0.05) is 30.6 Å². The van der Waals surface area contributed by atoms with E-state index in [2.05, 4.69) is 4.90 Å². The molecule has 1 aliphatic carbocycles. The third-order valence-electron chi connectivity index (χ3n) is 4.75. The van der Waals surface area contributed by atoms with Gasteiger partial charge in [0.15, 0.2) is 5.13 Å². The van der Waals surface area contributed by atoms with Crippen LogP contribution in [0.1, 0.15) is 42.7 Å². The molecule has 4 nitrogen and oxygen atoms in total. The maximum absolute atomic E-state index is 9.44. The Morgan fingerprint density at radius 1 is 1.30 bits per heavy atom. The molecule has 20 heavy (non-hydrogen) atoms. The van der Waals surface area contributed by atoms with Crippen LogP contribution in [0.25, 0.3) is 0 Å². The van der Waals surface area contributed by atoms with Crippen molar-refractivity contribution in [1.29, 1.82) is 0 Å². The Labute approximate surface area is 124 Å². The summed E-state index contributed by atoms with van der Waals surface area (Å²) in [4.78, 5) is 8.07. The second kappa shape index (κ2) is 6.41. The van der Waals surface area contributed by atoms with Crippen LogP contribution in [0.5, 0.6) is 0 Å². The molecule has 1 saturated carbocycles. The Bertz CT molecular complexity index is 449. The highest BCUT2D eigenvalue weighted by Crippen LogP contribution is 2.38. The SMILES string of the molecule is COCc1nc(N2CCC3CCCCC3C2)sc1CO. The zero-order valence-electron chi connectivity index (χ0n) is 12.2. The molecule has 5 heteroatoms. The van der Waals surface area contributed by atoms with E-state index in [1.54, 1.807) is 18.4 Å². The van der Waals surface area contributed by atoms with Crippen molar-refractivity contribution in [3.05, 3.63) is 10.6 Å². The first-order valence-corrected chi connectivity index (χ1v) is 8.46. The molecule has 3 rings (SSSR count). The monoisotopic (exact) mass is 296 g/mol. The molecule has 2 fully saturated rings. The first-order valence-electron chi connectivity index (χ1n) is 7.65. The molecule has 2 aliphatic rings. The minimum absolute atomic E-state index is 0.0657. The van der Waals surface area contributed by atoms with E-state index >= 15 is 0 Å². The molecule has 1 saturated heterocycles. The molecule has 1 aromatic rings. The molecule has 2 atom stereocenters. The van der Waals surface area contributed by atoms with Crippen molar-refractivity contribution in [2.75, 3.05) is 25.1 Å². The van der Waals surface area contributed by atoms with Crippen molar-refractivity contribution in [2.45, 2.75) is 45.3 Å². The number of methoxy groups -OCH3 is 1. The Morgan fingerprint density at radius 3 is 2.85 bits per heavy atom. The van der Waals surface area contributed by atoms with Gasteiger partial charge in [-0.15, -0.1) is 0 Å². The number of piperidine rings is 1. The third-order valence-corrected chi connectivity index (χ3v) is 5.90. The summed E-state index contributed by atoms with van der Waals surface area (Å²) in [6, 6.07) is 0. The van der Waals surface area contributed by atoms with Crippen molar-refractivity contribution >= 4 is 16.5 Å². The summed E-state index contributed by atoms with van der Waals surface area (Å²) in [6.45, 7) is 2.82. The van der Waals surface area contributed by atoms with Gasteiger partial charge in [0, 0.05) is 20.2 Å². The zero-order chi connectivity index (χ0) is 13.9. The molecule has 1 aliphatic heterocycles. The van der Waals surface area contributed by atoms with Crippen molar-refractivity contribution in [2.24, 2.45) is 11.8 Å². The summed E-state index contributed by atoms with van der Waals surface area (Å²) in [5, 5.41) is 10.5. The molecular weight excluding hydrogens is 272 g/mol. The van der Waals surface area contributed by atoms with E-state index in [0.29, 0.717) is 6.61 Å². The van der Waals surface area contributed by atoms with Crippen LogP contribution >= 0.6 is 11.3 Å². The standard InChI is InChI=1S/C15H24N2O2S/c1-19-10-13-14(9-18)20-15(16-13)17-7-6-11-4-2-3-5-12(11)8-17/h11-12,18H,2-10H2,1H3. The van der Waals surface area contributed by atoms with Crippen molar-refractivity contribution < 1.29 is 9.84 Å². The van der Waals surface area contributed by atoms with E-state index < -0.39 is 0 Å². The number of aliphatic hydroxyl groups is 1. The van der Waals surface area contributed by atoms with Crippen LogP contribution in [0.15, 0.2) is 0 Å². The first kappa shape index (κ1) is 14.3. The second-order valence-electron chi connectivity index (χ2n) is 6.00. The largest absolute Gasteiger partial charge is 0.391 e. The molecule has 0 spiro atoms. The van der Waals surface area contributed by atoms with Crippen LogP contribution in [0.2, 0.25) is 0 Å². The van der Waals surface area contributed by atoms with Crippen molar-refractivity contribution in [3.63, 3.8) is 0 Å². The predicted octanol–water partition coefficient (Wildman–Crippen LogP) is 2.80. The Morgan fingerprint density at radius 2 is 2.10 bits per heavy atom. The molecule has 2 unspecified atom stereocenters. The maximum Gasteiger partial charge on any atom is 0.185 e. The fourth-order valence-corrected chi connectivity index (χ4v) is 4.61. The van der Waals surface area contributed by atoms with Crippen LogP contribution in [0.4, 0.5) is 5.13 Å². The lowest BCUT2D eigenvalue weighted by Crippen LogP contribution is -2.41. The maximum atomic E-state index is 9.44. The lowest BCUT2D eigenvalue weighted by atomic mass is 9.75. The van der Waals surface area contributed by atoms with E-state index in [1.807, 2.05) is 0 Å². The topological polar surface area (TPSA) is 45.6 Å². The molecule has 0 radical (unpaired) electrons. The number of hydrogen-bond acceptors (Lipinski definition) is 5. The van der Waals surface area contributed by atoms with Gasteiger partial charge in [-0.25, -0.2) is 4.98 Å². The van der Waals surface area contributed by atoms with Crippen LogP contribution in [0.3, 0.4) is 0 Å². The molecular formula is C15H24N2O2S. The summed E-state index contributed by atoms with van der Waals surface area (Å²) in [7, 11) is 1.67. The van der Waals surface area contributed by atoms with Gasteiger partial charge in [0.1, 0.15) is 0 Å². The van der Waals surface area contributed by atoms with E-state index in [9.17, 15) is 5.11 Å². The second-order valence-corrected chi connectivity index (χ2v) is 7.06. The fourth-order valence-electron chi connectivity index (χ4n) is 3.65. The molecule has 0 aromatic carbocycles. The lowest BCUT2D eigenvalue weighted by Gasteiger charge is -2.41. The van der Waals surface area contributed by atoms with E-state index in [0.717, 1.165) is 40.6 Å². The summed E-state index contributed by atoms with van der Waals surface area (Å²) in [5.74, 6) is 1.79. The highest BCUT2D eigenvalue weighted by Gasteiger charge is 2.32. The summed E-state index contributed by atoms with van der Waals surface area (Å²) in [6.07, 6.45) is 6.92. The summed E-state index contributed by atoms with van der Waals surface area (Å²) in [5.41, 5.74) is 0.903. The van der Waals surface area contributed by atoms with Crippen LogP contribution < -0.4 is 4.90 Å². The number of ether oxygens (including phenoxy) is 1. The smallest absolute Gasteiger partial charge is 0.185 e. The van der Waals surface area contributed by atoms with Crippen molar-refractivity contribution in [1.82, 2.24) is 4.98 Å². The highest BCUT2D eigenvalue weighted by molar-refractivity contribution is 7.15. The lowest BCUT2D eigenvalue weighted by molar-refractivity contribution is 0.178. The fraction of sp³-hybridized carbons (Fsp3) is 0.800. The van der Waals surface area contributed by atoms with Gasteiger partial charge in [-0.2, -0.15) is 0 Å².